The SMILES string of the molecule is CCC(C)C(C)NC(=O)c1ccncc1O. The number of hydrogen-bond acceptors (Lipinski definition) is 3. The summed E-state index contributed by atoms with van der Waals surface area (Å²) >= 11 is 0. The van der Waals surface area contributed by atoms with Crippen molar-refractivity contribution >= 4 is 5.91 Å². The van der Waals surface area contributed by atoms with Crippen molar-refractivity contribution < 1.29 is 9.90 Å². The first-order valence-corrected chi connectivity index (χ1v) is 5.50. The molecule has 0 fully saturated rings. The van der Waals surface area contributed by atoms with Crippen LogP contribution in [0, 0.1) is 5.92 Å². The van der Waals surface area contributed by atoms with Crippen molar-refractivity contribution in [1.82, 2.24) is 10.3 Å². The van der Waals surface area contributed by atoms with Crippen LogP contribution in [0.3, 0.4) is 0 Å². The third kappa shape index (κ3) is 2.95. The van der Waals surface area contributed by atoms with Gasteiger partial charge in [-0.15, -0.1) is 0 Å². The van der Waals surface area contributed by atoms with E-state index in [-0.39, 0.29) is 23.3 Å². The second-order valence-corrected chi connectivity index (χ2v) is 4.04. The molecule has 16 heavy (non-hydrogen) atoms. The van der Waals surface area contributed by atoms with Gasteiger partial charge in [-0.1, -0.05) is 20.3 Å². The van der Waals surface area contributed by atoms with E-state index in [1.54, 1.807) is 0 Å². The van der Waals surface area contributed by atoms with E-state index in [1.807, 2.05) is 6.92 Å². The van der Waals surface area contributed by atoms with Crippen LogP contribution < -0.4 is 5.32 Å². The Morgan fingerprint density at radius 2 is 2.25 bits per heavy atom. The van der Waals surface area contributed by atoms with E-state index in [9.17, 15) is 9.90 Å². The molecular formula is C12H18N2O2. The van der Waals surface area contributed by atoms with E-state index in [1.165, 1.54) is 18.5 Å². The lowest BCUT2D eigenvalue weighted by molar-refractivity contribution is 0.0925. The second-order valence-electron chi connectivity index (χ2n) is 4.04. The normalized spacial score (nSPS) is 14.2. The first kappa shape index (κ1) is 12.5. The van der Waals surface area contributed by atoms with Gasteiger partial charge in [-0.2, -0.15) is 0 Å². The van der Waals surface area contributed by atoms with Crippen molar-refractivity contribution in [2.45, 2.75) is 33.2 Å². The Balaban J connectivity index is 2.70. The minimum Gasteiger partial charge on any atom is -0.505 e. The Morgan fingerprint density at radius 1 is 1.56 bits per heavy atom. The van der Waals surface area contributed by atoms with Crippen molar-refractivity contribution in [3.8, 4) is 5.75 Å². The van der Waals surface area contributed by atoms with E-state index in [0.29, 0.717) is 5.92 Å². The summed E-state index contributed by atoms with van der Waals surface area (Å²) < 4.78 is 0. The van der Waals surface area contributed by atoms with Crippen LogP contribution >= 0.6 is 0 Å². The number of aromatic hydroxyl groups is 1. The first-order chi connectivity index (χ1) is 7.56. The molecule has 0 aliphatic rings. The maximum Gasteiger partial charge on any atom is 0.255 e. The molecule has 2 N–H and O–H groups in total. The molecule has 1 heterocycles. The van der Waals surface area contributed by atoms with Gasteiger partial charge in [0.15, 0.2) is 0 Å². The molecule has 1 aromatic heterocycles. The Kier molecular flexibility index (Phi) is 4.28. The molecule has 1 aromatic rings. The minimum atomic E-state index is -0.257. The second kappa shape index (κ2) is 5.49. The van der Waals surface area contributed by atoms with Crippen LogP contribution in [0.5, 0.6) is 5.75 Å². The fourth-order valence-electron chi connectivity index (χ4n) is 1.36. The van der Waals surface area contributed by atoms with Crippen LogP contribution in [0.25, 0.3) is 0 Å². The number of carbonyl (C=O) groups excluding carboxylic acids is 1. The molecule has 0 radical (unpaired) electrons. The first-order valence-electron chi connectivity index (χ1n) is 5.50. The summed E-state index contributed by atoms with van der Waals surface area (Å²) in [6.07, 6.45) is 3.76. The van der Waals surface area contributed by atoms with Crippen LogP contribution in [0.1, 0.15) is 37.6 Å². The summed E-state index contributed by atoms with van der Waals surface area (Å²) in [6.45, 7) is 6.12. The molecule has 2 atom stereocenters. The largest absolute Gasteiger partial charge is 0.505 e. The molecule has 1 rings (SSSR count). The molecule has 0 aromatic carbocycles. The van der Waals surface area contributed by atoms with E-state index in [0.717, 1.165) is 6.42 Å². The molecule has 2 unspecified atom stereocenters. The van der Waals surface area contributed by atoms with E-state index < -0.39 is 0 Å². The van der Waals surface area contributed by atoms with Crippen LogP contribution in [-0.2, 0) is 0 Å². The zero-order valence-corrected chi connectivity index (χ0v) is 9.90. The van der Waals surface area contributed by atoms with Gasteiger partial charge in [-0.3, -0.25) is 9.78 Å². The van der Waals surface area contributed by atoms with Gasteiger partial charge in [0.25, 0.3) is 5.91 Å². The Hall–Kier alpha value is -1.58. The number of pyridine rings is 1. The smallest absolute Gasteiger partial charge is 0.255 e. The van der Waals surface area contributed by atoms with Gasteiger partial charge in [0.05, 0.1) is 11.8 Å². The zero-order chi connectivity index (χ0) is 12.1. The van der Waals surface area contributed by atoms with Gasteiger partial charge in [0.1, 0.15) is 5.75 Å². The predicted molar refractivity (Wildman–Crippen MR) is 62.3 cm³/mol. The summed E-state index contributed by atoms with van der Waals surface area (Å²) in [4.78, 5) is 15.5. The summed E-state index contributed by atoms with van der Waals surface area (Å²) in [5.41, 5.74) is 0.269. The summed E-state index contributed by atoms with van der Waals surface area (Å²) in [5.74, 6) is 0.0666. The van der Waals surface area contributed by atoms with Crippen molar-refractivity contribution in [2.75, 3.05) is 0 Å². The number of rotatable bonds is 4. The number of nitrogens with zero attached hydrogens (tertiary/aromatic N) is 1. The number of aromatic nitrogens is 1. The summed E-state index contributed by atoms with van der Waals surface area (Å²) in [5, 5.41) is 12.3. The van der Waals surface area contributed by atoms with Gasteiger partial charge in [-0.05, 0) is 18.9 Å². The molecule has 88 valence electrons. The quantitative estimate of drug-likeness (QED) is 0.818. The lowest BCUT2D eigenvalue weighted by Crippen LogP contribution is -2.36. The fourth-order valence-corrected chi connectivity index (χ4v) is 1.36. The van der Waals surface area contributed by atoms with Crippen LogP contribution in [0.4, 0.5) is 0 Å². The van der Waals surface area contributed by atoms with Crippen LogP contribution in [-0.4, -0.2) is 22.0 Å². The number of amides is 1. The summed E-state index contributed by atoms with van der Waals surface area (Å²) in [7, 11) is 0. The van der Waals surface area contributed by atoms with Gasteiger partial charge in [0, 0.05) is 12.2 Å². The van der Waals surface area contributed by atoms with E-state index >= 15 is 0 Å². The minimum absolute atomic E-state index is 0.0867. The van der Waals surface area contributed by atoms with Gasteiger partial charge in [0.2, 0.25) is 0 Å². The average Bonchev–Trinajstić information content (AvgIpc) is 2.28. The van der Waals surface area contributed by atoms with Crippen molar-refractivity contribution in [3.05, 3.63) is 24.0 Å². The molecule has 0 aliphatic carbocycles. The van der Waals surface area contributed by atoms with Gasteiger partial charge in [-0.25, -0.2) is 0 Å². The molecule has 0 saturated heterocycles. The molecule has 4 nitrogen and oxygen atoms in total. The van der Waals surface area contributed by atoms with Crippen LogP contribution in [0.15, 0.2) is 18.5 Å². The standard InChI is InChI=1S/C12H18N2O2/c1-4-8(2)9(3)14-12(16)10-5-6-13-7-11(10)15/h5-9,15H,4H2,1-3H3,(H,14,16). The van der Waals surface area contributed by atoms with E-state index in [4.69, 9.17) is 0 Å². The monoisotopic (exact) mass is 222 g/mol. The maximum atomic E-state index is 11.8. The summed E-state index contributed by atoms with van der Waals surface area (Å²) in [6, 6.07) is 1.60. The van der Waals surface area contributed by atoms with Crippen LogP contribution in [0.2, 0.25) is 0 Å². The highest BCUT2D eigenvalue weighted by atomic mass is 16.3. The molecule has 0 spiro atoms. The number of nitrogens with one attached hydrogen (secondary N) is 1. The van der Waals surface area contributed by atoms with Crippen molar-refractivity contribution in [2.24, 2.45) is 5.92 Å². The Bertz CT molecular complexity index is 366. The van der Waals surface area contributed by atoms with Crippen molar-refractivity contribution in [1.29, 1.82) is 0 Å². The topological polar surface area (TPSA) is 62.2 Å². The van der Waals surface area contributed by atoms with Gasteiger partial charge < -0.3 is 10.4 Å². The number of carbonyl (C=O) groups is 1. The fraction of sp³-hybridized carbons (Fsp3) is 0.500. The molecule has 0 aliphatic heterocycles. The predicted octanol–water partition coefficient (Wildman–Crippen LogP) is 1.95. The molecule has 4 heteroatoms. The Morgan fingerprint density at radius 3 is 2.81 bits per heavy atom. The highest BCUT2D eigenvalue weighted by molar-refractivity contribution is 5.96. The maximum absolute atomic E-state index is 11.8. The molecular weight excluding hydrogens is 204 g/mol. The van der Waals surface area contributed by atoms with Gasteiger partial charge >= 0.3 is 0 Å². The number of hydrogen-bond donors (Lipinski definition) is 2. The molecule has 0 bridgehead atoms. The highest BCUT2D eigenvalue weighted by Gasteiger charge is 2.16. The van der Waals surface area contributed by atoms with E-state index in [2.05, 4.69) is 24.1 Å². The lowest BCUT2D eigenvalue weighted by atomic mass is 10.0. The third-order valence-electron chi connectivity index (χ3n) is 2.90. The third-order valence-corrected chi connectivity index (χ3v) is 2.90. The average molecular weight is 222 g/mol. The van der Waals surface area contributed by atoms with Crippen molar-refractivity contribution in [3.63, 3.8) is 0 Å². The zero-order valence-electron chi connectivity index (χ0n) is 9.90. The Labute approximate surface area is 95.7 Å². The molecule has 0 saturated carbocycles. The highest BCUT2D eigenvalue weighted by Crippen LogP contribution is 2.15. The molecule has 1 amide bonds. The lowest BCUT2D eigenvalue weighted by Gasteiger charge is -2.19.